The van der Waals surface area contributed by atoms with E-state index in [1.54, 1.807) is 13.1 Å². The second-order valence-electron chi connectivity index (χ2n) is 4.47. The lowest BCUT2D eigenvalue weighted by Gasteiger charge is -2.33. The minimum Gasteiger partial charge on any atom is -0.389 e. The smallest absolute Gasteiger partial charge is 0.129 e. The summed E-state index contributed by atoms with van der Waals surface area (Å²) in [6.45, 7) is 6.40. The average Bonchev–Trinajstić information content (AvgIpc) is 2.39. The summed E-state index contributed by atoms with van der Waals surface area (Å²) in [6.07, 6.45) is 2.63. The monoisotopic (exact) mass is 236 g/mol. The van der Waals surface area contributed by atoms with Gasteiger partial charge in [0.15, 0.2) is 0 Å². The predicted molar refractivity (Wildman–Crippen MR) is 67.1 cm³/mol. The minimum absolute atomic E-state index is 0.292. The van der Waals surface area contributed by atoms with Gasteiger partial charge in [0.05, 0.1) is 18.8 Å². The number of rotatable bonds is 3. The number of hydrogen-bond acceptors (Lipinski definition) is 4. The van der Waals surface area contributed by atoms with E-state index in [1.807, 2.05) is 12.1 Å². The molecule has 1 fully saturated rings. The summed E-state index contributed by atoms with van der Waals surface area (Å²) in [5.41, 5.74) is 0.912. The maximum absolute atomic E-state index is 9.57. The van der Waals surface area contributed by atoms with Crippen LogP contribution in [0.5, 0.6) is 0 Å². The van der Waals surface area contributed by atoms with Crippen LogP contribution in [0.4, 0.5) is 5.82 Å². The highest BCUT2D eigenvalue weighted by Gasteiger charge is 2.20. The Hall–Kier alpha value is -1.13. The Morgan fingerprint density at radius 2 is 2.47 bits per heavy atom. The molecule has 0 aliphatic carbocycles. The Balaban J connectivity index is 2.13. The number of aliphatic hydroxyl groups is 1. The number of morpholine rings is 1. The number of ether oxygens (including phenoxy) is 1. The third kappa shape index (κ3) is 2.96. The Morgan fingerprint density at radius 3 is 3.18 bits per heavy atom. The first kappa shape index (κ1) is 12.3. The summed E-state index contributed by atoms with van der Waals surface area (Å²) in [5.74, 6) is 0.935. The van der Waals surface area contributed by atoms with Gasteiger partial charge in [-0.25, -0.2) is 4.98 Å². The van der Waals surface area contributed by atoms with E-state index in [2.05, 4.69) is 16.8 Å². The molecule has 17 heavy (non-hydrogen) atoms. The fraction of sp³-hybridized carbons (Fsp3) is 0.615. The van der Waals surface area contributed by atoms with Gasteiger partial charge in [0.25, 0.3) is 0 Å². The molecule has 2 heterocycles. The third-order valence-electron chi connectivity index (χ3n) is 3.17. The molecule has 0 radical (unpaired) electrons. The molecule has 1 aliphatic heterocycles. The van der Waals surface area contributed by atoms with E-state index in [0.717, 1.165) is 37.5 Å². The van der Waals surface area contributed by atoms with Crippen LogP contribution in [0.3, 0.4) is 0 Å². The quantitative estimate of drug-likeness (QED) is 0.868. The molecule has 4 heteroatoms. The van der Waals surface area contributed by atoms with E-state index >= 15 is 0 Å². The Morgan fingerprint density at radius 1 is 1.65 bits per heavy atom. The summed E-state index contributed by atoms with van der Waals surface area (Å²) in [6, 6.07) is 3.81. The maximum Gasteiger partial charge on any atom is 0.129 e. The van der Waals surface area contributed by atoms with E-state index in [4.69, 9.17) is 4.74 Å². The Bertz CT molecular complexity index is 368. The molecule has 1 aromatic rings. The normalized spacial score (nSPS) is 22.5. The number of pyridine rings is 1. The van der Waals surface area contributed by atoms with Crippen LogP contribution in [-0.2, 0) is 4.74 Å². The van der Waals surface area contributed by atoms with Gasteiger partial charge in [-0.15, -0.1) is 0 Å². The highest BCUT2D eigenvalue weighted by atomic mass is 16.5. The predicted octanol–water partition coefficient (Wildman–Crippen LogP) is 1.75. The van der Waals surface area contributed by atoms with Gasteiger partial charge in [-0.05, 0) is 31.0 Å². The van der Waals surface area contributed by atoms with Gasteiger partial charge in [0.1, 0.15) is 5.82 Å². The molecular weight excluding hydrogens is 216 g/mol. The fourth-order valence-electron chi connectivity index (χ4n) is 2.04. The summed E-state index contributed by atoms with van der Waals surface area (Å²) in [5, 5.41) is 9.57. The molecule has 2 rings (SSSR count). The molecule has 0 saturated carbocycles. The lowest BCUT2D eigenvalue weighted by atomic mass is 10.1. The first-order valence-corrected chi connectivity index (χ1v) is 6.21. The lowest BCUT2D eigenvalue weighted by Crippen LogP contribution is -2.42. The van der Waals surface area contributed by atoms with Crippen LogP contribution in [0.15, 0.2) is 18.3 Å². The van der Waals surface area contributed by atoms with Crippen LogP contribution in [-0.4, -0.2) is 35.9 Å². The SMILES string of the molecule is CCC1CN(c2cc(C(C)O)ccn2)CCO1. The summed E-state index contributed by atoms with van der Waals surface area (Å²) >= 11 is 0. The van der Waals surface area contributed by atoms with Crippen molar-refractivity contribution in [2.75, 3.05) is 24.6 Å². The van der Waals surface area contributed by atoms with Crippen LogP contribution < -0.4 is 4.90 Å². The molecule has 1 aliphatic rings. The van der Waals surface area contributed by atoms with Gasteiger partial charge in [-0.2, -0.15) is 0 Å². The second-order valence-corrected chi connectivity index (χ2v) is 4.47. The number of hydrogen-bond donors (Lipinski definition) is 1. The molecule has 0 amide bonds. The molecule has 1 saturated heterocycles. The average molecular weight is 236 g/mol. The molecule has 0 bridgehead atoms. The van der Waals surface area contributed by atoms with Gasteiger partial charge in [-0.1, -0.05) is 6.92 Å². The van der Waals surface area contributed by atoms with Gasteiger partial charge in [0.2, 0.25) is 0 Å². The Labute approximate surface area is 102 Å². The van der Waals surface area contributed by atoms with E-state index < -0.39 is 6.10 Å². The molecular formula is C13H20N2O2. The first-order valence-electron chi connectivity index (χ1n) is 6.21. The number of aromatic nitrogens is 1. The molecule has 0 aromatic carbocycles. The number of aliphatic hydroxyl groups excluding tert-OH is 1. The zero-order chi connectivity index (χ0) is 12.3. The van der Waals surface area contributed by atoms with E-state index in [0.29, 0.717) is 6.10 Å². The van der Waals surface area contributed by atoms with Crippen LogP contribution >= 0.6 is 0 Å². The van der Waals surface area contributed by atoms with Gasteiger partial charge in [-0.3, -0.25) is 0 Å². The highest BCUT2D eigenvalue weighted by molar-refractivity contribution is 5.42. The second kappa shape index (κ2) is 5.47. The zero-order valence-corrected chi connectivity index (χ0v) is 10.5. The van der Waals surface area contributed by atoms with Crippen LogP contribution in [0, 0.1) is 0 Å². The van der Waals surface area contributed by atoms with Crippen molar-refractivity contribution in [2.45, 2.75) is 32.5 Å². The molecule has 4 nitrogen and oxygen atoms in total. The topological polar surface area (TPSA) is 45.6 Å². The first-order chi connectivity index (χ1) is 8.20. The Kier molecular flexibility index (Phi) is 3.97. The van der Waals surface area contributed by atoms with Crippen molar-refractivity contribution < 1.29 is 9.84 Å². The van der Waals surface area contributed by atoms with Crippen molar-refractivity contribution >= 4 is 5.82 Å². The molecule has 2 atom stereocenters. The molecule has 94 valence electrons. The molecule has 2 unspecified atom stereocenters. The van der Waals surface area contributed by atoms with Crippen molar-refractivity contribution in [1.82, 2.24) is 4.98 Å². The third-order valence-corrected chi connectivity index (χ3v) is 3.17. The van der Waals surface area contributed by atoms with E-state index in [-0.39, 0.29) is 0 Å². The van der Waals surface area contributed by atoms with Crippen LogP contribution in [0.25, 0.3) is 0 Å². The summed E-state index contributed by atoms with van der Waals surface area (Å²) in [4.78, 5) is 6.60. The summed E-state index contributed by atoms with van der Waals surface area (Å²) < 4.78 is 5.64. The molecule has 0 spiro atoms. The van der Waals surface area contributed by atoms with Crippen molar-refractivity contribution in [3.8, 4) is 0 Å². The van der Waals surface area contributed by atoms with Crippen LogP contribution in [0.1, 0.15) is 31.9 Å². The molecule has 1 aromatic heterocycles. The fourth-order valence-corrected chi connectivity index (χ4v) is 2.04. The van der Waals surface area contributed by atoms with Crippen molar-refractivity contribution in [1.29, 1.82) is 0 Å². The van der Waals surface area contributed by atoms with Gasteiger partial charge < -0.3 is 14.7 Å². The van der Waals surface area contributed by atoms with Crippen molar-refractivity contribution in [3.05, 3.63) is 23.9 Å². The van der Waals surface area contributed by atoms with Gasteiger partial charge >= 0.3 is 0 Å². The lowest BCUT2D eigenvalue weighted by molar-refractivity contribution is 0.0381. The van der Waals surface area contributed by atoms with Gasteiger partial charge in [0, 0.05) is 19.3 Å². The highest BCUT2D eigenvalue weighted by Crippen LogP contribution is 2.20. The van der Waals surface area contributed by atoms with Crippen LogP contribution in [0.2, 0.25) is 0 Å². The summed E-state index contributed by atoms with van der Waals surface area (Å²) in [7, 11) is 0. The maximum atomic E-state index is 9.57. The number of anilines is 1. The largest absolute Gasteiger partial charge is 0.389 e. The standard InChI is InChI=1S/C13H20N2O2/c1-3-12-9-15(6-7-17-12)13-8-11(10(2)16)4-5-14-13/h4-5,8,10,12,16H,3,6-7,9H2,1-2H3. The van der Waals surface area contributed by atoms with E-state index in [9.17, 15) is 5.11 Å². The number of nitrogens with zero attached hydrogens (tertiary/aromatic N) is 2. The van der Waals surface area contributed by atoms with Crippen molar-refractivity contribution in [2.24, 2.45) is 0 Å². The zero-order valence-electron chi connectivity index (χ0n) is 10.5. The minimum atomic E-state index is -0.445. The molecule has 1 N–H and O–H groups in total. The van der Waals surface area contributed by atoms with Crippen molar-refractivity contribution in [3.63, 3.8) is 0 Å². The van der Waals surface area contributed by atoms with E-state index in [1.165, 1.54) is 0 Å².